The first-order valence-corrected chi connectivity index (χ1v) is 3.08. The van der Waals surface area contributed by atoms with Gasteiger partial charge in [-0.1, -0.05) is 0 Å². The van der Waals surface area contributed by atoms with Crippen molar-refractivity contribution in [2.75, 3.05) is 0 Å². The van der Waals surface area contributed by atoms with Crippen molar-refractivity contribution in [3.05, 3.63) is 21.6 Å². The number of halogens is 1. The molecule has 9 heavy (non-hydrogen) atoms. The fraction of sp³-hybridized carbons (Fsp3) is 0.500. The average Bonchev–Trinajstić information content (AvgIpc) is 1.84. The minimum atomic E-state index is -0.478. The first-order valence-electron chi connectivity index (χ1n) is 2.20. The Bertz CT molecular complexity index is 154. The van der Waals surface area contributed by atoms with Gasteiger partial charge in [-0.3, -0.25) is 10.1 Å². The summed E-state index contributed by atoms with van der Waals surface area (Å²) in [6, 6.07) is 0. The van der Waals surface area contributed by atoms with Crippen LogP contribution in [0, 0.1) is 10.1 Å². The van der Waals surface area contributed by atoms with E-state index in [1.54, 1.807) is 29.9 Å². The summed E-state index contributed by atoms with van der Waals surface area (Å²) in [4.78, 5) is 9.49. The molecular formula is C4H6INO3. The molecule has 0 aromatic heterocycles. The lowest BCUT2D eigenvalue weighted by Crippen LogP contribution is -1.96. The first kappa shape index (κ1) is 8.67. The van der Waals surface area contributed by atoms with Crippen LogP contribution in [-0.2, 0) is 3.07 Å². The number of hydrogen-bond acceptors (Lipinski definition) is 3. The summed E-state index contributed by atoms with van der Waals surface area (Å²) in [5, 5.41) is 9.96. The maximum Gasteiger partial charge on any atom is 0.281 e. The SMILES string of the molecule is C/C(OI)=C(/C)[N+](=O)[O-]. The van der Waals surface area contributed by atoms with Gasteiger partial charge >= 0.3 is 0 Å². The Morgan fingerprint density at radius 1 is 1.67 bits per heavy atom. The topological polar surface area (TPSA) is 52.4 Å². The van der Waals surface area contributed by atoms with Crippen LogP contribution in [0.25, 0.3) is 0 Å². The summed E-state index contributed by atoms with van der Waals surface area (Å²) in [5.41, 5.74) is 0.0457. The standard InChI is InChI=1S/C4H6INO3/c1-3(6(7)8)4(2)9-5/h1-2H3/b4-3+. The molecule has 0 unspecified atom stereocenters. The van der Waals surface area contributed by atoms with Crippen molar-refractivity contribution >= 4 is 23.0 Å². The lowest BCUT2D eigenvalue weighted by atomic mass is 10.4. The Hall–Kier alpha value is -0.330. The second-order valence-corrected chi connectivity index (χ2v) is 1.92. The van der Waals surface area contributed by atoms with Gasteiger partial charge in [-0.05, 0) is 0 Å². The van der Waals surface area contributed by atoms with Crippen LogP contribution in [0.3, 0.4) is 0 Å². The Morgan fingerprint density at radius 3 is 2.22 bits per heavy atom. The third-order valence-corrected chi connectivity index (χ3v) is 1.56. The molecule has 4 nitrogen and oxygen atoms in total. The second kappa shape index (κ2) is 3.65. The van der Waals surface area contributed by atoms with Gasteiger partial charge in [0.15, 0.2) is 28.8 Å². The van der Waals surface area contributed by atoms with E-state index in [2.05, 4.69) is 3.07 Å². The van der Waals surface area contributed by atoms with E-state index in [-0.39, 0.29) is 5.70 Å². The number of allylic oxidation sites excluding steroid dienone is 2. The summed E-state index contributed by atoms with van der Waals surface area (Å²) in [7, 11) is 0. The summed E-state index contributed by atoms with van der Waals surface area (Å²) in [5.74, 6) is 0.334. The quantitative estimate of drug-likeness (QED) is 0.322. The van der Waals surface area contributed by atoms with Gasteiger partial charge in [0.1, 0.15) is 0 Å². The predicted molar refractivity (Wildman–Crippen MR) is 40.5 cm³/mol. The van der Waals surface area contributed by atoms with Crippen molar-refractivity contribution in [2.24, 2.45) is 0 Å². The number of nitro groups is 1. The Balaban J connectivity index is 4.28. The maximum atomic E-state index is 9.96. The van der Waals surface area contributed by atoms with E-state index < -0.39 is 4.92 Å². The maximum absolute atomic E-state index is 9.96. The van der Waals surface area contributed by atoms with Gasteiger partial charge in [0, 0.05) is 13.8 Å². The molecule has 0 aliphatic heterocycles. The molecule has 0 aromatic carbocycles. The zero-order valence-corrected chi connectivity index (χ0v) is 7.21. The second-order valence-electron chi connectivity index (χ2n) is 1.48. The van der Waals surface area contributed by atoms with Crippen molar-refractivity contribution in [2.45, 2.75) is 13.8 Å². The minimum Gasteiger partial charge on any atom is -0.426 e. The van der Waals surface area contributed by atoms with Gasteiger partial charge in [0.2, 0.25) is 0 Å². The van der Waals surface area contributed by atoms with E-state index in [1.165, 1.54) is 6.92 Å². The lowest BCUT2D eigenvalue weighted by molar-refractivity contribution is -0.426. The third kappa shape index (κ3) is 2.64. The van der Waals surface area contributed by atoms with E-state index in [0.717, 1.165) is 0 Å². The van der Waals surface area contributed by atoms with Crippen LogP contribution in [0.1, 0.15) is 13.8 Å². The van der Waals surface area contributed by atoms with Crippen molar-refractivity contribution in [3.8, 4) is 0 Å². The van der Waals surface area contributed by atoms with E-state index in [4.69, 9.17) is 0 Å². The van der Waals surface area contributed by atoms with Crippen LogP contribution in [0.4, 0.5) is 0 Å². The zero-order valence-electron chi connectivity index (χ0n) is 5.05. The molecule has 5 heteroatoms. The van der Waals surface area contributed by atoms with E-state index >= 15 is 0 Å². The molecule has 0 fully saturated rings. The lowest BCUT2D eigenvalue weighted by Gasteiger charge is -1.93. The van der Waals surface area contributed by atoms with Crippen molar-refractivity contribution in [3.63, 3.8) is 0 Å². The minimum absolute atomic E-state index is 0.0457. The van der Waals surface area contributed by atoms with Crippen molar-refractivity contribution < 1.29 is 7.99 Å². The number of nitrogens with zero attached hydrogens (tertiary/aromatic N) is 1. The van der Waals surface area contributed by atoms with Crippen molar-refractivity contribution in [1.82, 2.24) is 0 Å². The molecule has 0 rings (SSSR count). The number of rotatable bonds is 2. The molecule has 0 amide bonds. The molecule has 0 aliphatic carbocycles. The first-order chi connectivity index (χ1) is 4.09. The van der Waals surface area contributed by atoms with Crippen LogP contribution < -0.4 is 0 Å². The molecule has 0 N–H and O–H groups in total. The molecule has 0 radical (unpaired) electrons. The molecule has 0 atom stereocenters. The molecule has 0 aromatic rings. The van der Waals surface area contributed by atoms with E-state index in [9.17, 15) is 10.1 Å². The third-order valence-electron chi connectivity index (χ3n) is 0.899. The van der Waals surface area contributed by atoms with Crippen LogP contribution in [0.2, 0.25) is 0 Å². The monoisotopic (exact) mass is 243 g/mol. The van der Waals surface area contributed by atoms with Gasteiger partial charge < -0.3 is 3.07 Å². The van der Waals surface area contributed by atoms with Gasteiger partial charge in [-0.15, -0.1) is 0 Å². The van der Waals surface area contributed by atoms with Crippen LogP contribution in [0.5, 0.6) is 0 Å². The van der Waals surface area contributed by atoms with Gasteiger partial charge in [0.05, 0.1) is 4.92 Å². The average molecular weight is 243 g/mol. The van der Waals surface area contributed by atoms with E-state index in [0.29, 0.717) is 5.76 Å². The normalized spacial score (nSPS) is 12.3. The summed E-state index contributed by atoms with van der Waals surface area (Å²) < 4.78 is 4.58. The fourth-order valence-electron chi connectivity index (χ4n) is 0.184. The Kier molecular flexibility index (Phi) is 3.52. The molecular weight excluding hydrogens is 237 g/mol. The highest BCUT2D eigenvalue weighted by Crippen LogP contribution is 2.08. The highest BCUT2D eigenvalue weighted by Gasteiger charge is 2.07. The highest BCUT2D eigenvalue weighted by molar-refractivity contribution is 14.1. The molecule has 0 spiro atoms. The molecule has 0 saturated heterocycles. The van der Waals surface area contributed by atoms with E-state index in [1.807, 2.05) is 0 Å². The number of hydrogen-bond donors (Lipinski definition) is 0. The molecule has 0 saturated carbocycles. The highest BCUT2D eigenvalue weighted by atomic mass is 127. The zero-order chi connectivity index (χ0) is 7.44. The largest absolute Gasteiger partial charge is 0.426 e. The van der Waals surface area contributed by atoms with Gasteiger partial charge in [-0.25, -0.2) is 0 Å². The molecule has 0 bridgehead atoms. The molecule has 0 aliphatic rings. The van der Waals surface area contributed by atoms with Crippen LogP contribution in [-0.4, -0.2) is 4.92 Å². The Labute approximate surface area is 66.7 Å². The van der Waals surface area contributed by atoms with Crippen LogP contribution >= 0.6 is 23.0 Å². The van der Waals surface area contributed by atoms with Crippen molar-refractivity contribution in [1.29, 1.82) is 0 Å². The Morgan fingerprint density at radius 2 is 2.11 bits per heavy atom. The smallest absolute Gasteiger partial charge is 0.281 e. The molecule has 0 heterocycles. The van der Waals surface area contributed by atoms with Gasteiger partial charge in [0.25, 0.3) is 5.70 Å². The van der Waals surface area contributed by atoms with Crippen LogP contribution in [0.15, 0.2) is 11.5 Å². The summed E-state index contributed by atoms with van der Waals surface area (Å²) in [6.45, 7) is 2.94. The predicted octanol–water partition coefficient (Wildman–Crippen LogP) is 1.88. The summed E-state index contributed by atoms with van der Waals surface area (Å²) >= 11 is 1.60. The molecule has 52 valence electrons. The fourth-order valence-corrected chi connectivity index (χ4v) is 0.503. The van der Waals surface area contributed by atoms with Gasteiger partial charge in [-0.2, -0.15) is 0 Å². The summed E-state index contributed by atoms with van der Waals surface area (Å²) in [6.07, 6.45) is 0.